The molecule has 0 radical (unpaired) electrons. The SMILES string of the molecule is COCCc1nc(-c2ccc3c(c2)N(CC(=O)OC)C(=O)CO3)cs1. The van der Waals surface area contributed by atoms with Crippen molar-refractivity contribution in [3.8, 4) is 17.0 Å². The topological polar surface area (TPSA) is 78.0 Å². The number of benzene rings is 1. The summed E-state index contributed by atoms with van der Waals surface area (Å²) in [5.41, 5.74) is 2.22. The summed E-state index contributed by atoms with van der Waals surface area (Å²) >= 11 is 1.56. The fourth-order valence-electron chi connectivity index (χ4n) is 2.48. The second-order valence-corrected chi connectivity index (χ2v) is 6.34. The third-order valence-corrected chi connectivity index (χ3v) is 4.69. The third-order valence-electron chi connectivity index (χ3n) is 3.78. The Kier molecular flexibility index (Phi) is 5.30. The third kappa shape index (κ3) is 3.80. The predicted molar refractivity (Wildman–Crippen MR) is 93.0 cm³/mol. The Morgan fingerprint density at radius 1 is 1.40 bits per heavy atom. The van der Waals surface area contributed by atoms with E-state index in [4.69, 9.17) is 9.47 Å². The standard InChI is InChI=1S/C17H18N2O5S/c1-22-6-5-15-18-12(10-25-15)11-3-4-14-13(7-11)19(8-17(21)23-2)16(20)9-24-14/h3-4,7,10H,5-6,8-9H2,1-2H3. The first-order valence-electron chi connectivity index (χ1n) is 7.70. The van der Waals surface area contributed by atoms with E-state index in [2.05, 4.69) is 9.72 Å². The van der Waals surface area contributed by atoms with Crippen molar-refractivity contribution in [1.82, 2.24) is 4.98 Å². The Labute approximate surface area is 149 Å². The van der Waals surface area contributed by atoms with Crippen molar-refractivity contribution < 1.29 is 23.8 Å². The average Bonchev–Trinajstić information content (AvgIpc) is 3.10. The summed E-state index contributed by atoms with van der Waals surface area (Å²) in [6, 6.07) is 5.49. The van der Waals surface area contributed by atoms with Crippen LogP contribution in [0.4, 0.5) is 5.69 Å². The normalized spacial score (nSPS) is 13.4. The van der Waals surface area contributed by atoms with Crippen molar-refractivity contribution >= 4 is 28.9 Å². The largest absolute Gasteiger partial charge is 0.482 e. The van der Waals surface area contributed by atoms with Gasteiger partial charge >= 0.3 is 5.97 Å². The molecule has 8 heteroatoms. The molecular formula is C17H18N2O5S. The maximum Gasteiger partial charge on any atom is 0.325 e. The van der Waals surface area contributed by atoms with E-state index >= 15 is 0 Å². The highest BCUT2D eigenvalue weighted by Gasteiger charge is 2.28. The van der Waals surface area contributed by atoms with E-state index in [1.807, 2.05) is 17.5 Å². The maximum atomic E-state index is 12.1. The van der Waals surface area contributed by atoms with E-state index < -0.39 is 5.97 Å². The van der Waals surface area contributed by atoms with Crippen LogP contribution in [0.5, 0.6) is 5.75 Å². The molecule has 0 fully saturated rings. The number of carbonyl (C=O) groups excluding carboxylic acids is 2. The van der Waals surface area contributed by atoms with Crippen LogP contribution in [0.3, 0.4) is 0 Å². The van der Waals surface area contributed by atoms with Crippen LogP contribution in [0.15, 0.2) is 23.6 Å². The zero-order valence-corrected chi connectivity index (χ0v) is 14.8. The molecule has 1 aromatic carbocycles. The quantitative estimate of drug-likeness (QED) is 0.731. The molecule has 25 heavy (non-hydrogen) atoms. The van der Waals surface area contributed by atoms with E-state index in [9.17, 15) is 9.59 Å². The van der Waals surface area contributed by atoms with Gasteiger partial charge in [-0.2, -0.15) is 0 Å². The number of hydrogen-bond donors (Lipinski definition) is 0. The lowest BCUT2D eigenvalue weighted by Gasteiger charge is -2.28. The van der Waals surface area contributed by atoms with Crippen LogP contribution >= 0.6 is 11.3 Å². The molecule has 0 atom stereocenters. The van der Waals surface area contributed by atoms with Gasteiger partial charge in [0.25, 0.3) is 5.91 Å². The molecule has 1 aromatic heterocycles. The molecule has 0 saturated carbocycles. The minimum Gasteiger partial charge on any atom is -0.482 e. The molecule has 0 unspecified atom stereocenters. The fourth-order valence-corrected chi connectivity index (χ4v) is 3.26. The number of nitrogens with zero attached hydrogens (tertiary/aromatic N) is 2. The first-order chi connectivity index (χ1) is 12.1. The number of carbonyl (C=O) groups is 2. The van der Waals surface area contributed by atoms with E-state index in [0.717, 1.165) is 22.7 Å². The van der Waals surface area contributed by atoms with E-state index in [1.165, 1.54) is 12.0 Å². The Bertz CT molecular complexity index is 789. The maximum absolute atomic E-state index is 12.1. The van der Waals surface area contributed by atoms with Crippen molar-refractivity contribution in [2.45, 2.75) is 6.42 Å². The molecule has 2 heterocycles. The monoisotopic (exact) mass is 362 g/mol. The van der Waals surface area contributed by atoms with Gasteiger partial charge in [0.15, 0.2) is 6.61 Å². The number of fused-ring (bicyclic) bond motifs is 1. The van der Waals surface area contributed by atoms with Crippen LogP contribution in [-0.4, -0.2) is 50.8 Å². The van der Waals surface area contributed by atoms with Gasteiger partial charge in [0, 0.05) is 24.5 Å². The highest BCUT2D eigenvalue weighted by molar-refractivity contribution is 7.09. The van der Waals surface area contributed by atoms with Gasteiger partial charge in [-0.3, -0.25) is 14.5 Å². The summed E-state index contributed by atoms with van der Waals surface area (Å²) in [6.07, 6.45) is 0.752. The minimum absolute atomic E-state index is 0.0960. The van der Waals surface area contributed by atoms with E-state index in [1.54, 1.807) is 24.5 Å². The zero-order valence-electron chi connectivity index (χ0n) is 14.0. The van der Waals surface area contributed by atoms with Crippen molar-refractivity contribution in [3.63, 3.8) is 0 Å². The van der Waals surface area contributed by atoms with Crippen LogP contribution in [0.25, 0.3) is 11.3 Å². The zero-order chi connectivity index (χ0) is 17.8. The average molecular weight is 362 g/mol. The molecule has 0 N–H and O–H groups in total. The molecular weight excluding hydrogens is 344 g/mol. The molecule has 1 aliphatic heterocycles. The number of thiazole rings is 1. The van der Waals surface area contributed by atoms with E-state index in [0.29, 0.717) is 18.0 Å². The lowest BCUT2D eigenvalue weighted by Crippen LogP contribution is -2.42. The molecule has 1 aliphatic rings. The molecule has 0 aliphatic carbocycles. The highest BCUT2D eigenvalue weighted by Crippen LogP contribution is 2.36. The molecule has 0 bridgehead atoms. The summed E-state index contributed by atoms with van der Waals surface area (Å²) in [5.74, 6) is -0.210. The van der Waals surface area contributed by atoms with Crippen LogP contribution in [0, 0.1) is 0 Å². The Hall–Kier alpha value is -2.45. The Balaban J connectivity index is 1.90. The Morgan fingerprint density at radius 3 is 3.00 bits per heavy atom. The van der Waals surface area contributed by atoms with Crippen molar-refractivity contribution in [1.29, 1.82) is 0 Å². The van der Waals surface area contributed by atoms with Gasteiger partial charge in [-0.15, -0.1) is 11.3 Å². The molecule has 2 aromatic rings. The second-order valence-electron chi connectivity index (χ2n) is 5.40. The lowest BCUT2D eigenvalue weighted by atomic mass is 10.1. The first-order valence-corrected chi connectivity index (χ1v) is 8.58. The Morgan fingerprint density at radius 2 is 2.24 bits per heavy atom. The predicted octanol–water partition coefficient (Wildman–Crippen LogP) is 1.90. The van der Waals surface area contributed by atoms with Crippen molar-refractivity contribution in [3.05, 3.63) is 28.6 Å². The van der Waals surface area contributed by atoms with Crippen molar-refractivity contribution in [2.75, 3.05) is 38.9 Å². The van der Waals surface area contributed by atoms with Gasteiger partial charge in [0.05, 0.1) is 30.1 Å². The number of amides is 1. The number of aromatic nitrogens is 1. The lowest BCUT2D eigenvalue weighted by molar-refractivity contribution is -0.140. The number of anilines is 1. The van der Waals surface area contributed by atoms with Gasteiger partial charge in [0.1, 0.15) is 12.3 Å². The van der Waals surface area contributed by atoms with Gasteiger partial charge in [-0.1, -0.05) is 0 Å². The molecule has 0 spiro atoms. The molecule has 3 rings (SSSR count). The van der Waals surface area contributed by atoms with Gasteiger partial charge in [-0.25, -0.2) is 4.98 Å². The molecule has 7 nitrogen and oxygen atoms in total. The summed E-state index contributed by atoms with van der Waals surface area (Å²) in [6.45, 7) is 0.374. The number of hydrogen-bond acceptors (Lipinski definition) is 7. The van der Waals surface area contributed by atoms with Gasteiger partial charge in [-0.05, 0) is 18.2 Å². The summed E-state index contributed by atoms with van der Waals surface area (Å²) in [5, 5.41) is 2.94. The first kappa shape index (κ1) is 17.4. The summed E-state index contributed by atoms with van der Waals surface area (Å²) in [4.78, 5) is 29.7. The summed E-state index contributed by atoms with van der Waals surface area (Å²) in [7, 11) is 2.95. The number of esters is 1. The van der Waals surface area contributed by atoms with Gasteiger partial charge < -0.3 is 14.2 Å². The van der Waals surface area contributed by atoms with Crippen LogP contribution in [0.2, 0.25) is 0 Å². The van der Waals surface area contributed by atoms with Crippen LogP contribution in [0.1, 0.15) is 5.01 Å². The summed E-state index contributed by atoms with van der Waals surface area (Å²) < 4.78 is 15.2. The smallest absolute Gasteiger partial charge is 0.325 e. The second kappa shape index (κ2) is 7.62. The van der Waals surface area contributed by atoms with Gasteiger partial charge in [0.2, 0.25) is 0 Å². The van der Waals surface area contributed by atoms with E-state index in [-0.39, 0.29) is 19.1 Å². The molecule has 1 amide bonds. The number of methoxy groups -OCH3 is 2. The highest BCUT2D eigenvalue weighted by atomic mass is 32.1. The number of ether oxygens (including phenoxy) is 3. The fraction of sp³-hybridized carbons (Fsp3) is 0.353. The minimum atomic E-state index is -0.484. The van der Waals surface area contributed by atoms with Crippen molar-refractivity contribution in [2.24, 2.45) is 0 Å². The van der Waals surface area contributed by atoms with Crippen LogP contribution < -0.4 is 9.64 Å². The number of rotatable bonds is 6. The van der Waals surface area contributed by atoms with Crippen LogP contribution in [-0.2, 0) is 25.5 Å². The molecule has 0 saturated heterocycles. The molecule has 132 valence electrons.